The van der Waals surface area contributed by atoms with Crippen LogP contribution in [0, 0.1) is 5.82 Å². The monoisotopic (exact) mass is 327 g/mol. The molecule has 0 aliphatic rings. The van der Waals surface area contributed by atoms with Crippen molar-refractivity contribution >= 4 is 17.3 Å². The normalized spacial score (nSPS) is 10.7. The lowest BCUT2D eigenvalue weighted by molar-refractivity contribution is 0.0697. The van der Waals surface area contributed by atoms with Gasteiger partial charge in [-0.05, 0) is 48.4 Å². The minimum Gasteiger partial charge on any atom is -0.478 e. The van der Waals surface area contributed by atoms with Crippen LogP contribution in [0.2, 0.25) is 0 Å². The van der Waals surface area contributed by atoms with Gasteiger partial charge in [-0.1, -0.05) is 12.1 Å². The van der Waals surface area contributed by atoms with E-state index in [0.717, 1.165) is 34.7 Å². The molecule has 23 heavy (non-hydrogen) atoms. The highest BCUT2D eigenvalue weighted by Gasteiger charge is 2.06. The van der Waals surface area contributed by atoms with Crippen molar-refractivity contribution in [3.8, 4) is 11.3 Å². The van der Waals surface area contributed by atoms with E-state index in [-0.39, 0.29) is 5.82 Å². The molecule has 0 spiro atoms. The van der Waals surface area contributed by atoms with Crippen LogP contribution in [0.5, 0.6) is 0 Å². The number of aromatic carboxylic acids is 1. The first-order valence-corrected chi connectivity index (χ1v) is 8.02. The van der Waals surface area contributed by atoms with Crippen LogP contribution in [-0.4, -0.2) is 16.1 Å². The van der Waals surface area contributed by atoms with Crippen molar-refractivity contribution < 1.29 is 14.3 Å². The molecule has 0 saturated heterocycles. The number of carboxylic acids is 1. The van der Waals surface area contributed by atoms with E-state index in [1.54, 1.807) is 35.6 Å². The summed E-state index contributed by atoms with van der Waals surface area (Å²) in [4.78, 5) is 15.4. The fourth-order valence-corrected chi connectivity index (χ4v) is 3.05. The zero-order valence-corrected chi connectivity index (χ0v) is 13.0. The smallest absolute Gasteiger partial charge is 0.335 e. The summed E-state index contributed by atoms with van der Waals surface area (Å²) in [6.45, 7) is 0. The van der Waals surface area contributed by atoms with E-state index in [4.69, 9.17) is 5.11 Å². The molecule has 5 heteroatoms. The first kappa shape index (κ1) is 15.4. The van der Waals surface area contributed by atoms with Gasteiger partial charge in [-0.25, -0.2) is 14.2 Å². The molecular formula is C18H14FNO2S. The van der Waals surface area contributed by atoms with Gasteiger partial charge in [0.05, 0.1) is 16.3 Å². The van der Waals surface area contributed by atoms with Crippen molar-refractivity contribution in [2.75, 3.05) is 0 Å². The Morgan fingerprint density at radius 3 is 2.39 bits per heavy atom. The molecule has 0 radical (unpaired) electrons. The van der Waals surface area contributed by atoms with Crippen molar-refractivity contribution in [2.45, 2.75) is 12.8 Å². The van der Waals surface area contributed by atoms with E-state index in [0.29, 0.717) is 5.56 Å². The predicted octanol–water partition coefficient (Wildman–Crippen LogP) is 4.43. The molecule has 116 valence electrons. The molecule has 0 aliphatic heterocycles. The first-order valence-electron chi connectivity index (χ1n) is 7.14. The number of hydrogen-bond acceptors (Lipinski definition) is 3. The third kappa shape index (κ3) is 3.81. The number of halogens is 1. The number of benzene rings is 2. The lowest BCUT2D eigenvalue weighted by atomic mass is 10.1. The summed E-state index contributed by atoms with van der Waals surface area (Å²) >= 11 is 1.58. The Kier molecular flexibility index (Phi) is 4.48. The van der Waals surface area contributed by atoms with Gasteiger partial charge in [0, 0.05) is 17.4 Å². The maximum Gasteiger partial charge on any atom is 0.335 e. The fraction of sp³-hybridized carbons (Fsp3) is 0.111. The van der Waals surface area contributed by atoms with Crippen LogP contribution in [0.1, 0.15) is 20.9 Å². The number of rotatable bonds is 5. The highest BCUT2D eigenvalue weighted by molar-refractivity contribution is 7.09. The van der Waals surface area contributed by atoms with Gasteiger partial charge >= 0.3 is 5.97 Å². The molecular weight excluding hydrogens is 313 g/mol. The van der Waals surface area contributed by atoms with Crippen molar-refractivity contribution in [3.63, 3.8) is 0 Å². The Balaban J connectivity index is 1.65. The van der Waals surface area contributed by atoms with Crippen LogP contribution in [-0.2, 0) is 12.8 Å². The third-order valence-electron chi connectivity index (χ3n) is 3.52. The molecule has 3 aromatic rings. The van der Waals surface area contributed by atoms with E-state index >= 15 is 0 Å². The molecule has 0 aliphatic carbocycles. The van der Waals surface area contributed by atoms with Crippen molar-refractivity contribution in [1.29, 1.82) is 0 Å². The highest BCUT2D eigenvalue weighted by Crippen LogP contribution is 2.23. The van der Waals surface area contributed by atoms with E-state index in [1.165, 1.54) is 12.1 Å². The lowest BCUT2D eigenvalue weighted by Crippen LogP contribution is -1.97. The number of carbonyl (C=O) groups is 1. The number of aromatic nitrogens is 1. The van der Waals surface area contributed by atoms with Gasteiger partial charge in [0.15, 0.2) is 0 Å². The molecule has 3 rings (SSSR count). The molecule has 1 heterocycles. The van der Waals surface area contributed by atoms with Crippen LogP contribution in [0.15, 0.2) is 53.9 Å². The molecule has 0 atom stereocenters. The molecule has 3 nitrogen and oxygen atoms in total. The van der Waals surface area contributed by atoms with E-state index in [2.05, 4.69) is 4.98 Å². The Hall–Kier alpha value is -2.53. The molecule has 0 amide bonds. The van der Waals surface area contributed by atoms with Gasteiger partial charge in [-0.15, -0.1) is 11.3 Å². The Morgan fingerprint density at radius 1 is 1.04 bits per heavy atom. The summed E-state index contributed by atoms with van der Waals surface area (Å²) in [6, 6.07) is 13.2. The molecule has 0 bridgehead atoms. The van der Waals surface area contributed by atoms with Gasteiger partial charge in [-0.2, -0.15) is 0 Å². The summed E-state index contributed by atoms with van der Waals surface area (Å²) in [7, 11) is 0. The van der Waals surface area contributed by atoms with Crippen LogP contribution in [0.4, 0.5) is 4.39 Å². The number of hydrogen-bond donors (Lipinski definition) is 1. The van der Waals surface area contributed by atoms with Gasteiger partial charge in [0.25, 0.3) is 0 Å². The quantitative estimate of drug-likeness (QED) is 0.754. The SMILES string of the molecule is O=C(O)c1ccc(CCc2nc(-c3ccc(F)cc3)cs2)cc1. The third-order valence-corrected chi connectivity index (χ3v) is 4.43. The predicted molar refractivity (Wildman–Crippen MR) is 88.3 cm³/mol. The molecule has 1 aromatic heterocycles. The second-order valence-electron chi connectivity index (χ2n) is 5.14. The molecule has 0 unspecified atom stereocenters. The number of aryl methyl sites for hydroxylation is 2. The summed E-state index contributed by atoms with van der Waals surface area (Å²) in [5, 5.41) is 11.9. The van der Waals surface area contributed by atoms with Crippen molar-refractivity contribution in [3.05, 3.63) is 75.9 Å². The van der Waals surface area contributed by atoms with Crippen molar-refractivity contribution in [1.82, 2.24) is 4.98 Å². The maximum absolute atomic E-state index is 12.9. The zero-order chi connectivity index (χ0) is 16.2. The van der Waals surface area contributed by atoms with Crippen molar-refractivity contribution in [2.24, 2.45) is 0 Å². The average molecular weight is 327 g/mol. The van der Waals surface area contributed by atoms with E-state index in [9.17, 15) is 9.18 Å². The minimum atomic E-state index is -0.916. The second kappa shape index (κ2) is 6.71. The van der Waals surface area contributed by atoms with Crippen LogP contribution < -0.4 is 0 Å². The Bertz CT molecular complexity index is 810. The van der Waals surface area contributed by atoms with Crippen LogP contribution in [0.25, 0.3) is 11.3 Å². The fourth-order valence-electron chi connectivity index (χ4n) is 2.24. The standard InChI is InChI=1S/C18H14FNO2S/c19-15-8-6-13(7-9-15)16-11-23-17(20-16)10-3-12-1-4-14(5-2-12)18(21)22/h1-2,4-9,11H,3,10H2,(H,21,22). The summed E-state index contributed by atoms with van der Waals surface area (Å²) < 4.78 is 12.9. The van der Waals surface area contributed by atoms with Gasteiger partial charge < -0.3 is 5.11 Å². The molecule has 1 N–H and O–H groups in total. The Labute approximate surface area is 137 Å². The second-order valence-corrected chi connectivity index (χ2v) is 6.08. The number of thiazole rings is 1. The molecule has 0 fully saturated rings. The summed E-state index contributed by atoms with van der Waals surface area (Å²) in [5.74, 6) is -1.17. The average Bonchev–Trinajstić information content (AvgIpc) is 3.03. The highest BCUT2D eigenvalue weighted by atomic mass is 32.1. The maximum atomic E-state index is 12.9. The van der Waals surface area contributed by atoms with Crippen LogP contribution in [0.3, 0.4) is 0 Å². The molecule has 2 aromatic carbocycles. The topological polar surface area (TPSA) is 50.2 Å². The molecule has 0 saturated carbocycles. The lowest BCUT2D eigenvalue weighted by Gasteiger charge is -2.00. The minimum absolute atomic E-state index is 0.256. The largest absolute Gasteiger partial charge is 0.478 e. The zero-order valence-electron chi connectivity index (χ0n) is 12.2. The van der Waals surface area contributed by atoms with E-state index < -0.39 is 5.97 Å². The first-order chi connectivity index (χ1) is 11.1. The van der Waals surface area contributed by atoms with E-state index in [1.807, 2.05) is 17.5 Å². The Morgan fingerprint density at radius 2 is 1.74 bits per heavy atom. The van der Waals surface area contributed by atoms with Crippen LogP contribution >= 0.6 is 11.3 Å². The summed E-state index contributed by atoms with van der Waals surface area (Å²) in [5.41, 5.74) is 3.13. The summed E-state index contributed by atoms with van der Waals surface area (Å²) in [6.07, 6.45) is 1.59. The number of carboxylic acid groups (broad SMARTS) is 1. The van der Waals surface area contributed by atoms with Gasteiger partial charge in [0.1, 0.15) is 5.82 Å². The van der Waals surface area contributed by atoms with Gasteiger partial charge in [0.2, 0.25) is 0 Å². The number of nitrogens with zero attached hydrogens (tertiary/aromatic N) is 1. The van der Waals surface area contributed by atoms with Gasteiger partial charge in [-0.3, -0.25) is 0 Å².